The van der Waals surface area contributed by atoms with Gasteiger partial charge < -0.3 is 10.4 Å². The van der Waals surface area contributed by atoms with E-state index in [0.717, 1.165) is 29.5 Å². The van der Waals surface area contributed by atoms with Crippen molar-refractivity contribution in [2.45, 2.75) is 26.7 Å². The van der Waals surface area contributed by atoms with E-state index in [2.05, 4.69) is 41.2 Å². The van der Waals surface area contributed by atoms with Crippen molar-refractivity contribution >= 4 is 21.6 Å². The highest BCUT2D eigenvalue weighted by Gasteiger charge is 2.17. The molecule has 0 saturated heterocycles. The number of anilines is 1. The topological polar surface area (TPSA) is 56.0 Å². The molecular weight excluding hydrogens is 292 g/mol. The molecule has 0 aliphatic rings. The molecule has 0 aliphatic carbocycles. The number of halogens is 1. The van der Waals surface area contributed by atoms with Gasteiger partial charge in [-0.15, -0.1) is 0 Å². The molecule has 0 amide bonds. The number of aliphatic hydroxyl groups excluding tert-OH is 1. The molecule has 0 radical (unpaired) electrons. The van der Waals surface area contributed by atoms with Gasteiger partial charge in [0.1, 0.15) is 6.07 Å². The van der Waals surface area contributed by atoms with Gasteiger partial charge in [0.25, 0.3) is 0 Å². The number of rotatable bonds is 6. The molecule has 0 unspecified atom stereocenters. The fourth-order valence-corrected chi connectivity index (χ4v) is 2.10. The Morgan fingerprint density at radius 3 is 2.78 bits per heavy atom. The van der Waals surface area contributed by atoms with E-state index in [0.29, 0.717) is 5.56 Å². The summed E-state index contributed by atoms with van der Waals surface area (Å²) in [5.41, 5.74) is 1.60. The lowest BCUT2D eigenvalue weighted by Gasteiger charge is -2.25. The predicted molar refractivity (Wildman–Crippen MR) is 77.4 cm³/mol. The molecule has 3 nitrogen and oxygen atoms in total. The molecule has 18 heavy (non-hydrogen) atoms. The van der Waals surface area contributed by atoms with Crippen LogP contribution in [0.15, 0.2) is 22.7 Å². The fourth-order valence-electron chi connectivity index (χ4n) is 1.74. The molecule has 0 saturated carbocycles. The summed E-state index contributed by atoms with van der Waals surface area (Å²) in [5.74, 6) is 0. The van der Waals surface area contributed by atoms with Gasteiger partial charge in [-0.1, -0.05) is 29.8 Å². The van der Waals surface area contributed by atoms with Gasteiger partial charge in [-0.25, -0.2) is 0 Å². The minimum absolute atomic E-state index is 0.0997. The predicted octanol–water partition coefficient (Wildman–Crippen LogP) is 3.53. The van der Waals surface area contributed by atoms with Crippen molar-refractivity contribution in [3.05, 3.63) is 28.2 Å². The van der Waals surface area contributed by atoms with Gasteiger partial charge in [0.15, 0.2) is 0 Å². The normalized spacial score (nSPS) is 11.1. The third kappa shape index (κ3) is 4.67. The SMILES string of the molecule is CC(C)(CCCO)CNc1ccc(Br)cc1C#N. The number of nitrogens with zero attached hydrogens (tertiary/aromatic N) is 1. The molecule has 0 aromatic heterocycles. The first-order valence-electron chi connectivity index (χ1n) is 6.03. The van der Waals surface area contributed by atoms with Crippen LogP contribution in [0.2, 0.25) is 0 Å². The summed E-state index contributed by atoms with van der Waals surface area (Å²) >= 11 is 3.36. The Hall–Kier alpha value is -1.05. The highest BCUT2D eigenvalue weighted by molar-refractivity contribution is 9.10. The minimum atomic E-state index is 0.0997. The quantitative estimate of drug-likeness (QED) is 0.845. The maximum atomic E-state index is 9.07. The average molecular weight is 311 g/mol. The van der Waals surface area contributed by atoms with Crippen LogP contribution in [0.25, 0.3) is 0 Å². The number of nitriles is 1. The van der Waals surface area contributed by atoms with Crippen LogP contribution in [0, 0.1) is 16.7 Å². The molecule has 1 aromatic rings. The highest BCUT2D eigenvalue weighted by atomic mass is 79.9. The van der Waals surface area contributed by atoms with Crippen molar-refractivity contribution in [2.24, 2.45) is 5.41 Å². The Labute approximate surface area is 117 Å². The second-order valence-electron chi connectivity index (χ2n) is 5.15. The van der Waals surface area contributed by atoms with Crippen molar-refractivity contribution in [3.8, 4) is 6.07 Å². The van der Waals surface area contributed by atoms with E-state index in [1.165, 1.54) is 0 Å². The molecule has 0 heterocycles. The van der Waals surface area contributed by atoms with Crippen LogP contribution < -0.4 is 5.32 Å². The minimum Gasteiger partial charge on any atom is -0.396 e. The van der Waals surface area contributed by atoms with Crippen LogP contribution in [0.4, 0.5) is 5.69 Å². The van der Waals surface area contributed by atoms with Crippen LogP contribution in [-0.2, 0) is 0 Å². The second kappa shape index (κ2) is 6.77. The first-order chi connectivity index (χ1) is 8.48. The number of hydrogen-bond acceptors (Lipinski definition) is 3. The Kier molecular flexibility index (Phi) is 5.64. The van der Waals surface area contributed by atoms with E-state index < -0.39 is 0 Å². The van der Waals surface area contributed by atoms with Crippen LogP contribution in [0.5, 0.6) is 0 Å². The van der Waals surface area contributed by atoms with Crippen LogP contribution in [0.3, 0.4) is 0 Å². The van der Waals surface area contributed by atoms with Gasteiger partial charge in [-0.05, 0) is 36.5 Å². The van der Waals surface area contributed by atoms with Crippen LogP contribution >= 0.6 is 15.9 Å². The second-order valence-corrected chi connectivity index (χ2v) is 6.06. The van der Waals surface area contributed by atoms with Crippen molar-refractivity contribution in [3.63, 3.8) is 0 Å². The van der Waals surface area contributed by atoms with E-state index in [-0.39, 0.29) is 12.0 Å². The van der Waals surface area contributed by atoms with E-state index in [9.17, 15) is 0 Å². The molecule has 0 atom stereocenters. The van der Waals surface area contributed by atoms with Crippen LogP contribution in [-0.4, -0.2) is 18.3 Å². The summed E-state index contributed by atoms with van der Waals surface area (Å²) in [4.78, 5) is 0. The standard InChI is InChI=1S/C14H19BrN2O/c1-14(2,6-3-7-18)10-17-13-5-4-12(15)8-11(13)9-16/h4-5,8,17-18H,3,6-7,10H2,1-2H3. The molecule has 0 bridgehead atoms. The van der Waals surface area contributed by atoms with E-state index >= 15 is 0 Å². The summed E-state index contributed by atoms with van der Waals surface area (Å²) in [6, 6.07) is 7.82. The summed E-state index contributed by atoms with van der Waals surface area (Å²) in [7, 11) is 0. The smallest absolute Gasteiger partial charge is 0.101 e. The van der Waals surface area contributed by atoms with Gasteiger partial charge in [0.2, 0.25) is 0 Å². The lowest BCUT2D eigenvalue weighted by molar-refractivity contribution is 0.248. The number of hydrogen-bond donors (Lipinski definition) is 2. The molecule has 2 N–H and O–H groups in total. The van der Waals surface area contributed by atoms with Gasteiger partial charge >= 0.3 is 0 Å². The summed E-state index contributed by atoms with van der Waals surface area (Å²) in [6.07, 6.45) is 1.76. The number of nitrogens with one attached hydrogen (secondary N) is 1. The van der Waals surface area contributed by atoms with Crippen molar-refractivity contribution in [2.75, 3.05) is 18.5 Å². The Bertz CT molecular complexity index is 438. The molecular formula is C14H19BrN2O. The monoisotopic (exact) mass is 310 g/mol. The number of benzene rings is 1. The maximum absolute atomic E-state index is 9.07. The fraction of sp³-hybridized carbons (Fsp3) is 0.500. The number of aliphatic hydroxyl groups is 1. The largest absolute Gasteiger partial charge is 0.396 e. The third-order valence-electron chi connectivity index (χ3n) is 2.87. The zero-order valence-corrected chi connectivity index (χ0v) is 12.4. The summed E-state index contributed by atoms with van der Waals surface area (Å²) in [5, 5.41) is 21.2. The molecule has 1 rings (SSSR count). The van der Waals surface area contributed by atoms with E-state index in [1.54, 1.807) is 0 Å². The zero-order valence-electron chi connectivity index (χ0n) is 10.8. The lowest BCUT2D eigenvalue weighted by atomic mass is 9.88. The van der Waals surface area contributed by atoms with Gasteiger partial charge in [-0.3, -0.25) is 0 Å². The molecule has 0 fully saturated rings. The average Bonchev–Trinajstić information content (AvgIpc) is 2.35. The Morgan fingerprint density at radius 2 is 2.17 bits per heavy atom. The molecule has 0 aliphatic heterocycles. The lowest BCUT2D eigenvalue weighted by Crippen LogP contribution is -2.23. The van der Waals surface area contributed by atoms with Crippen molar-refractivity contribution < 1.29 is 5.11 Å². The highest BCUT2D eigenvalue weighted by Crippen LogP contribution is 2.25. The third-order valence-corrected chi connectivity index (χ3v) is 3.36. The Balaban J connectivity index is 2.66. The molecule has 98 valence electrons. The van der Waals surface area contributed by atoms with Crippen LogP contribution in [0.1, 0.15) is 32.3 Å². The molecule has 1 aromatic carbocycles. The van der Waals surface area contributed by atoms with Crippen molar-refractivity contribution in [1.29, 1.82) is 5.26 Å². The Morgan fingerprint density at radius 1 is 1.44 bits per heavy atom. The van der Waals surface area contributed by atoms with Gasteiger partial charge in [0, 0.05) is 17.6 Å². The maximum Gasteiger partial charge on any atom is 0.101 e. The van der Waals surface area contributed by atoms with Gasteiger partial charge in [-0.2, -0.15) is 5.26 Å². The molecule has 4 heteroatoms. The van der Waals surface area contributed by atoms with E-state index in [1.807, 2.05) is 18.2 Å². The zero-order chi connectivity index (χ0) is 13.6. The summed E-state index contributed by atoms with van der Waals surface area (Å²) < 4.78 is 0.907. The van der Waals surface area contributed by atoms with E-state index in [4.69, 9.17) is 10.4 Å². The first-order valence-corrected chi connectivity index (χ1v) is 6.82. The van der Waals surface area contributed by atoms with Crippen molar-refractivity contribution in [1.82, 2.24) is 0 Å². The molecule has 0 spiro atoms. The van der Waals surface area contributed by atoms with Gasteiger partial charge in [0.05, 0.1) is 11.3 Å². The summed E-state index contributed by atoms with van der Waals surface area (Å²) in [6.45, 7) is 5.32. The first kappa shape index (κ1) is 15.0.